The summed E-state index contributed by atoms with van der Waals surface area (Å²) in [5.41, 5.74) is 1.06. The smallest absolute Gasteiger partial charge is 0.223 e. The van der Waals surface area contributed by atoms with Crippen LogP contribution in [0, 0.1) is 11.7 Å². The van der Waals surface area contributed by atoms with Crippen LogP contribution in [0.1, 0.15) is 25.3 Å². The molecule has 1 aromatic rings. The summed E-state index contributed by atoms with van der Waals surface area (Å²) in [6, 6.07) is 6.48. The second-order valence-corrected chi connectivity index (χ2v) is 5.63. The average Bonchev–Trinajstić information content (AvgIpc) is 3.38. The fraction of sp³-hybridized carbons (Fsp3) is 0.529. The fourth-order valence-corrected chi connectivity index (χ4v) is 2.15. The van der Waals surface area contributed by atoms with Crippen LogP contribution in [0.3, 0.4) is 0 Å². The molecule has 126 valence electrons. The van der Waals surface area contributed by atoms with Crippen molar-refractivity contribution >= 4 is 11.9 Å². The molecular formula is C17H25FN4O. The topological polar surface area (TPSA) is 65.5 Å². The van der Waals surface area contributed by atoms with Gasteiger partial charge >= 0.3 is 0 Å². The zero-order chi connectivity index (χ0) is 16.5. The summed E-state index contributed by atoms with van der Waals surface area (Å²) < 4.78 is 12.8. The summed E-state index contributed by atoms with van der Waals surface area (Å²) >= 11 is 0. The van der Waals surface area contributed by atoms with Gasteiger partial charge in [0.2, 0.25) is 5.91 Å². The molecule has 1 fully saturated rings. The molecule has 1 aliphatic rings. The van der Waals surface area contributed by atoms with Crippen molar-refractivity contribution in [2.45, 2.75) is 26.2 Å². The number of amides is 1. The largest absolute Gasteiger partial charge is 0.357 e. The minimum atomic E-state index is -0.222. The summed E-state index contributed by atoms with van der Waals surface area (Å²) in [5, 5.41) is 9.27. The molecule has 0 aliphatic heterocycles. The van der Waals surface area contributed by atoms with Gasteiger partial charge in [0.05, 0.1) is 0 Å². The first-order valence-electron chi connectivity index (χ1n) is 8.23. The Morgan fingerprint density at radius 1 is 1.17 bits per heavy atom. The Kier molecular flexibility index (Phi) is 6.84. The maximum atomic E-state index is 12.8. The molecule has 0 saturated heterocycles. The number of nitrogens with zero attached hydrogens (tertiary/aromatic N) is 1. The predicted molar refractivity (Wildman–Crippen MR) is 89.8 cm³/mol. The maximum absolute atomic E-state index is 12.8. The fourth-order valence-electron chi connectivity index (χ4n) is 2.15. The van der Waals surface area contributed by atoms with Crippen molar-refractivity contribution in [3.8, 4) is 0 Å². The van der Waals surface area contributed by atoms with Crippen molar-refractivity contribution in [3.63, 3.8) is 0 Å². The highest BCUT2D eigenvalue weighted by molar-refractivity contribution is 5.81. The van der Waals surface area contributed by atoms with E-state index in [-0.39, 0.29) is 17.6 Å². The maximum Gasteiger partial charge on any atom is 0.223 e. The van der Waals surface area contributed by atoms with Crippen LogP contribution in [0.5, 0.6) is 0 Å². The highest BCUT2D eigenvalue weighted by Gasteiger charge is 2.28. The second kappa shape index (κ2) is 9.12. The van der Waals surface area contributed by atoms with Gasteiger partial charge in [0.1, 0.15) is 5.82 Å². The zero-order valence-electron chi connectivity index (χ0n) is 13.6. The number of hydrogen-bond acceptors (Lipinski definition) is 2. The van der Waals surface area contributed by atoms with Gasteiger partial charge in [-0.2, -0.15) is 0 Å². The van der Waals surface area contributed by atoms with E-state index in [0.29, 0.717) is 19.6 Å². The van der Waals surface area contributed by atoms with Crippen LogP contribution in [-0.4, -0.2) is 38.0 Å². The number of benzene rings is 1. The molecule has 0 heterocycles. The lowest BCUT2D eigenvalue weighted by molar-refractivity contribution is -0.122. The number of carbonyl (C=O) groups excluding carboxylic acids is 1. The van der Waals surface area contributed by atoms with Gasteiger partial charge in [0, 0.05) is 32.1 Å². The van der Waals surface area contributed by atoms with Crippen LogP contribution in [0.15, 0.2) is 29.3 Å². The van der Waals surface area contributed by atoms with Crippen molar-refractivity contribution in [2.24, 2.45) is 10.9 Å². The number of nitrogens with one attached hydrogen (secondary N) is 3. The number of carbonyl (C=O) groups is 1. The van der Waals surface area contributed by atoms with Crippen molar-refractivity contribution in [2.75, 3.05) is 26.2 Å². The first-order chi connectivity index (χ1) is 11.2. The molecule has 5 nitrogen and oxygen atoms in total. The van der Waals surface area contributed by atoms with Crippen LogP contribution < -0.4 is 16.0 Å². The molecule has 1 aliphatic carbocycles. The summed E-state index contributed by atoms with van der Waals surface area (Å²) in [6.45, 7) is 4.64. The van der Waals surface area contributed by atoms with Crippen LogP contribution in [0.4, 0.5) is 4.39 Å². The first-order valence-corrected chi connectivity index (χ1v) is 8.23. The Balaban J connectivity index is 1.68. The van der Waals surface area contributed by atoms with Gasteiger partial charge < -0.3 is 16.0 Å². The van der Waals surface area contributed by atoms with E-state index in [4.69, 9.17) is 0 Å². The Hall–Kier alpha value is -2.11. The monoisotopic (exact) mass is 320 g/mol. The molecule has 0 atom stereocenters. The summed E-state index contributed by atoms with van der Waals surface area (Å²) in [4.78, 5) is 16.0. The number of guanidine groups is 1. The van der Waals surface area contributed by atoms with E-state index in [0.717, 1.165) is 37.3 Å². The molecular weight excluding hydrogens is 295 g/mol. The third kappa shape index (κ3) is 6.67. The van der Waals surface area contributed by atoms with E-state index in [1.807, 2.05) is 6.92 Å². The Labute approximate surface area is 136 Å². The quantitative estimate of drug-likeness (QED) is 0.386. The Morgan fingerprint density at radius 3 is 2.52 bits per heavy atom. The summed E-state index contributed by atoms with van der Waals surface area (Å²) in [7, 11) is 0. The molecule has 3 N–H and O–H groups in total. The van der Waals surface area contributed by atoms with E-state index in [1.54, 1.807) is 12.1 Å². The van der Waals surface area contributed by atoms with E-state index >= 15 is 0 Å². The zero-order valence-corrected chi connectivity index (χ0v) is 13.6. The van der Waals surface area contributed by atoms with Gasteiger partial charge in [-0.1, -0.05) is 12.1 Å². The van der Waals surface area contributed by atoms with E-state index in [2.05, 4.69) is 20.9 Å². The standard InChI is InChI=1S/C17H25FN4O/c1-2-19-17(22-12-11-20-16(23)14-5-6-14)21-10-9-13-3-7-15(18)8-4-13/h3-4,7-8,14H,2,5-6,9-12H2,1H3,(H,20,23)(H2,19,21,22). The highest BCUT2D eigenvalue weighted by atomic mass is 19.1. The van der Waals surface area contributed by atoms with Crippen LogP contribution in [0.2, 0.25) is 0 Å². The number of rotatable bonds is 8. The lowest BCUT2D eigenvalue weighted by Gasteiger charge is -2.11. The molecule has 6 heteroatoms. The van der Waals surface area contributed by atoms with Crippen molar-refractivity contribution in [3.05, 3.63) is 35.6 Å². The van der Waals surface area contributed by atoms with Crippen molar-refractivity contribution in [1.29, 1.82) is 0 Å². The van der Waals surface area contributed by atoms with Crippen molar-refractivity contribution in [1.82, 2.24) is 16.0 Å². The molecule has 1 amide bonds. The molecule has 0 unspecified atom stereocenters. The minimum absolute atomic E-state index is 0.157. The molecule has 2 rings (SSSR count). The first kappa shape index (κ1) is 17.2. The second-order valence-electron chi connectivity index (χ2n) is 5.63. The molecule has 23 heavy (non-hydrogen) atoms. The summed E-state index contributed by atoms with van der Waals surface area (Å²) in [6.07, 6.45) is 2.80. The van der Waals surface area contributed by atoms with Crippen molar-refractivity contribution < 1.29 is 9.18 Å². The number of aliphatic imine (C=N–C) groups is 1. The molecule has 1 aromatic carbocycles. The van der Waals surface area contributed by atoms with E-state index in [1.165, 1.54) is 12.1 Å². The third-order valence-electron chi connectivity index (χ3n) is 3.59. The summed E-state index contributed by atoms with van der Waals surface area (Å²) in [5.74, 6) is 0.911. The normalized spacial score (nSPS) is 14.4. The van der Waals surface area contributed by atoms with Crippen LogP contribution in [0.25, 0.3) is 0 Å². The molecule has 0 spiro atoms. The van der Waals surface area contributed by atoms with Gasteiger partial charge in [-0.3, -0.25) is 9.79 Å². The Morgan fingerprint density at radius 2 is 1.87 bits per heavy atom. The van der Waals surface area contributed by atoms with Gasteiger partial charge in [-0.15, -0.1) is 0 Å². The molecule has 0 bridgehead atoms. The van der Waals surface area contributed by atoms with Crippen LogP contribution in [-0.2, 0) is 11.2 Å². The predicted octanol–water partition coefficient (Wildman–Crippen LogP) is 1.45. The van der Waals surface area contributed by atoms with Gasteiger partial charge in [-0.25, -0.2) is 4.39 Å². The van der Waals surface area contributed by atoms with Gasteiger partial charge in [-0.05, 0) is 43.9 Å². The van der Waals surface area contributed by atoms with Gasteiger partial charge in [0.15, 0.2) is 5.96 Å². The van der Waals surface area contributed by atoms with Crippen LogP contribution >= 0.6 is 0 Å². The Bertz CT molecular complexity index is 526. The van der Waals surface area contributed by atoms with E-state index < -0.39 is 0 Å². The highest BCUT2D eigenvalue weighted by Crippen LogP contribution is 2.28. The SMILES string of the molecule is CCNC(=NCCc1ccc(F)cc1)NCCNC(=O)C1CC1. The van der Waals surface area contributed by atoms with E-state index in [9.17, 15) is 9.18 Å². The average molecular weight is 320 g/mol. The van der Waals surface area contributed by atoms with Gasteiger partial charge in [0.25, 0.3) is 0 Å². The third-order valence-corrected chi connectivity index (χ3v) is 3.59. The molecule has 0 aromatic heterocycles. The lowest BCUT2D eigenvalue weighted by Crippen LogP contribution is -2.41. The number of halogens is 1. The molecule has 1 saturated carbocycles. The molecule has 0 radical (unpaired) electrons. The lowest BCUT2D eigenvalue weighted by atomic mass is 10.1. The minimum Gasteiger partial charge on any atom is -0.357 e. The number of hydrogen-bond donors (Lipinski definition) is 3.